The Bertz CT molecular complexity index is 547. The molecule has 0 bridgehead atoms. The first kappa shape index (κ1) is 14.4. The number of carbonyl (C=O) groups excluding carboxylic acids is 1. The Morgan fingerprint density at radius 3 is 2.71 bits per heavy atom. The van der Waals surface area contributed by atoms with Crippen LogP contribution in [0, 0.1) is 0 Å². The first-order valence-electron chi connectivity index (χ1n) is 7.33. The molecule has 6 nitrogen and oxygen atoms in total. The topological polar surface area (TPSA) is 95.1 Å². The van der Waals surface area contributed by atoms with E-state index < -0.39 is 11.5 Å². The number of aromatic amines is 1. The van der Waals surface area contributed by atoms with E-state index in [0.717, 1.165) is 37.9 Å². The molecule has 2 heterocycles. The molecule has 2 fully saturated rings. The Kier molecular flexibility index (Phi) is 3.93. The fourth-order valence-electron chi connectivity index (χ4n) is 2.89. The third-order valence-electron chi connectivity index (χ3n) is 4.30. The highest BCUT2D eigenvalue weighted by Gasteiger charge is 2.44. The van der Waals surface area contributed by atoms with Crippen LogP contribution in [-0.4, -0.2) is 38.0 Å². The zero-order valence-electron chi connectivity index (χ0n) is 11.7. The van der Waals surface area contributed by atoms with Gasteiger partial charge in [-0.05, 0) is 37.9 Å². The maximum Gasteiger partial charge on any atom is 0.353 e. The van der Waals surface area contributed by atoms with Crippen molar-refractivity contribution in [3.05, 3.63) is 17.7 Å². The van der Waals surface area contributed by atoms with Crippen LogP contribution in [0.15, 0.2) is 6.20 Å². The number of hydrogen-bond donors (Lipinski definition) is 3. The molecule has 21 heavy (non-hydrogen) atoms. The van der Waals surface area contributed by atoms with Gasteiger partial charge in [-0.2, -0.15) is 0 Å². The average molecular weight is 309 g/mol. The first-order chi connectivity index (χ1) is 10.1. The van der Waals surface area contributed by atoms with Gasteiger partial charge in [-0.1, -0.05) is 6.42 Å². The number of carbonyl (C=O) groups is 2. The molecule has 0 aromatic carbocycles. The number of amides is 1. The normalized spacial score (nSPS) is 24.1. The van der Waals surface area contributed by atoms with Gasteiger partial charge in [0.2, 0.25) is 5.91 Å². The summed E-state index contributed by atoms with van der Waals surface area (Å²) in [5.74, 6) is 0.639. The van der Waals surface area contributed by atoms with E-state index in [-0.39, 0.29) is 16.9 Å². The van der Waals surface area contributed by atoms with Gasteiger partial charge in [0.15, 0.2) is 0 Å². The number of aromatic nitrogens is 2. The molecule has 3 rings (SSSR count). The van der Waals surface area contributed by atoms with Crippen molar-refractivity contribution in [3.8, 4) is 0 Å². The Balaban J connectivity index is 1.73. The number of rotatable bonds is 4. The summed E-state index contributed by atoms with van der Waals surface area (Å²) in [6.07, 6.45) is 7.15. The third-order valence-corrected chi connectivity index (χ3v) is 5.68. The van der Waals surface area contributed by atoms with Crippen molar-refractivity contribution in [1.29, 1.82) is 0 Å². The lowest BCUT2D eigenvalue weighted by atomic mass is 9.76. The van der Waals surface area contributed by atoms with Gasteiger partial charge in [-0.3, -0.25) is 4.79 Å². The van der Waals surface area contributed by atoms with E-state index in [0.29, 0.717) is 5.82 Å². The summed E-state index contributed by atoms with van der Waals surface area (Å²) in [6.45, 7) is 0. The van der Waals surface area contributed by atoms with E-state index in [9.17, 15) is 9.59 Å². The van der Waals surface area contributed by atoms with Crippen LogP contribution in [0.3, 0.4) is 0 Å². The van der Waals surface area contributed by atoms with Crippen molar-refractivity contribution in [2.75, 3.05) is 5.75 Å². The van der Waals surface area contributed by atoms with Crippen molar-refractivity contribution >= 4 is 23.6 Å². The van der Waals surface area contributed by atoms with Crippen LogP contribution in [0.4, 0.5) is 0 Å². The smallest absolute Gasteiger partial charge is 0.353 e. The minimum atomic E-state index is -1.03. The summed E-state index contributed by atoms with van der Waals surface area (Å²) in [4.78, 5) is 30.4. The molecule has 1 aromatic heterocycles. The van der Waals surface area contributed by atoms with E-state index in [2.05, 4.69) is 15.3 Å². The second-order valence-corrected chi connectivity index (χ2v) is 7.04. The molecule has 1 aliphatic carbocycles. The van der Waals surface area contributed by atoms with E-state index in [4.69, 9.17) is 5.11 Å². The van der Waals surface area contributed by atoms with Crippen LogP contribution < -0.4 is 5.32 Å². The average Bonchev–Trinajstić information content (AvgIpc) is 2.93. The lowest BCUT2D eigenvalue weighted by molar-refractivity contribution is -0.124. The SMILES string of the molecule is O=C(O)c1cnc(C2(NC(=O)C3CCCCS3)CCC2)[nH]1. The molecule has 1 amide bonds. The molecule has 1 unspecified atom stereocenters. The van der Waals surface area contributed by atoms with Crippen molar-refractivity contribution in [1.82, 2.24) is 15.3 Å². The summed E-state index contributed by atoms with van der Waals surface area (Å²) in [6, 6.07) is 0. The van der Waals surface area contributed by atoms with E-state index in [1.54, 1.807) is 11.8 Å². The molecule has 1 aliphatic heterocycles. The van der Waals surface area contributed by atoms with Gasteiger partial charge in [0.1, 0.15) is 11.5 Å². The molecular weight excluding hydrogens is 290 g/mol. The van der Waals surface area contributed by atoms with E-state index >= 15 is 0 Å². The van der Waals surface area contributed by atoms with Gasteiger partial charge in [0.25, 0.3) is 0 Å². The molecule has 0 radical (unpaired) electrons. The van der Waals surface area contributed by atoms with Crippen LogP contribution in [0.5, 0.6) is 0 Å². The van der Waals surface area contributed by atoms with E-state index in [1.165, 1.54) is 12.6 Å². The summed E-state index contributed by atoms with van der Waals surface area (Å²) in [5.41, 5.74) is -0.430. The molecule has 2 aliphatic rings. The number of H-pyrrole nitrogens is 1. The molecule has 7 heteroatoms. The summed E-state index contributed by atoms with van der Waals surface area (Å²) in [5, 5.41) is 12.1. The minimum Gasteiger partial charge on any atom is -0.477 e. The zero-order valence-corrected chi connectivity index (χ0v) is 12.5. The standard InChI is InChI=1S/C14H19N3O3S/c18-11(10-4-1-2-7-21-10)17-14(5-3-6-14)13-15-8-9(16-13)12(19)20/h8,10H,1-7H2,(H,15,16)(H,17,18)(H,19,20). The predicted octanol–water partition coefficient (Wildman–Crippen LogP) is 1.89. The first-order valence-corrected chi connectivity index (χ1v) is 8.38. The van der Waals surface area contributed by atoms with Gasteiger partial charge in [-0.25, -0.2) is 9.78 Å². The van der Waals surface area contributed by atoms with E-state index in [1.807, 2.05) is 0 Å². The predicted molar refractivity (Wildman–Crippen MR) is 79.3 cm³/mol. The molecule has 3 N–H and O–H groups in total. The zero-order chi connectivity index (χ0) is 14.9. The monoisotopic (exact) mass is 309 g/mol. The molecule has 0 spiro atoms. The highest BCUT2D eigenvalue weighted by molar-refractivity contribution is 8.00. The summed E-state index contributed by atoms with van der Waals surface area (Å²) in [7, 11) is 0. The maximum atomic E-state index is 12.4. The lowest BCUT2D eigenvalue weighted by Gasteiger charge is -2.41. The van der Waals surface area contributed by atoms with Gasteiger partial charge >= 0.3 is 5.97 Å². The number of carboxylic acids is 1. The molecule has 1 aromatic rings. The largest absolute Gasteiger partial charge is 0.477 e. The van der Waals surface area contributed by atoms with Crippen molar-refractivity contribution in [2.45, 2.75) is 49.3 Å². The van der Waals surface area contributed by atoms with Crippen molar-refractivity contribution < 1.29 is 14.7 Å². The van der Waals surface area contributed by atoms with Crippen molar-refractivity contribution in [3.63, 3.8) is 0 Å². The highest BCUT2D eigenvalue weighted by Crippen LogP contribution is 2.40. The number of hydrogen-bond acceptors (Lipinski definition) is 4. The fourth-order valence-corrected chi connectivity index (χ4v) is 4.09. The number of imidazole rings is 1. The molecular formula is C14H19N3O3S. The van der Waals surface area contributed by atoms with Crippen LogP contribution in [0.25, 0.3) is 0 Å². The molecule has 1 saturated carbocycles. The van der Waals surface area contributed by atoms with Gasteiger partial charge in [0, 0.05) is 0 Å². The summed E-state index contributed by atoms with van der Waals surface area (Å²) < 4.78 is 0. The van der Waals surface area contributed by atoms with Gasteiger partial charge < -0.3 is 15.4 Å². The summed E-state index contributed by atoms with van der Waals surface area (Å²) >= 11 is 1.72. The lowest BCUT2D eigenvalue weighted by Crippen LogP contribution is -2.54. The Hall–Kier alpha value is -1.50. The third kappa shape index (κ3) is 2.79. The second-order valence-electron chi connectivity index (χ2n) is 5.73. The quantitative estimate of drug-likeness (QED) is 0.789. The maximum absolute atomic E-state index is 12.4. The number of carboxylic acid groups (broad SMARTS) is 1. The minimum absolute atomic E-state index is 0.0186. The van der Waals surface area contributed by atoms with Crippen molar-refractivity contribution in [2.24, 2.45) is 0 Å². The molecule has 1 atom stereocenters. The number of nitrogens with one attached hydrogen (secondary N) is 2. The van der Waals surface area contributed by atoms with Gasteiger partial charge in [0.05, 0.1) is 17.0 Å². The number of thioether (sulfide) groups is 1. The Labute approximate surface area is 127 Å². The Morgan fingerprint density at radius 1 is 1.38 bits per heavy atom. The Morgan fingerprint density at radius 2 is 2.19 bits per heavy atom. The second kappa shape index (κ2) is 5.71. The fraction of sp³-hybridized carbons (Fsp3) is 0.643. The van der Waals surface area contributed by atoms with Crippen LogP contribution >= 0.6 is 11.8 Å². The highest BCUT2D eigenvalue weighted by atomic mass is 32.2. The van der Waals surface area contributed by atoms with Crippen LogP contribution in [-0.2, 0) is 10.3 Å². The number of aromatic carboxylic acids is 1. The molecule has 114 valence electrons. The van der Waals surface area contributed by atoms with Crippen LogP contribution in [0.1, 0.15) is 54.8 Å². The van der Waals surface area contributed by atoms with Gasteiger partial charge in [-0.15, -0.1) is 11.8 Å². The number of nitrogens with zero attached hydrogens (tertiary/aromatic N) is 1. The van der Waals surface area contributed by atoms with Crippen LogP contribution in [0.2, 0.25) is 0 Å². The molecule has 1 saturated heterocycles.